The van der Waals surface area contributed by atoms with Gasteiger partial charge >= 0.3 is 0 Å². The normalized spacial score (nSPS) is 20.2. The van der Waals surface area contributed by atoms with Gasteiger partial charge in [-0.3, -0.25) is 9.59 Å². The summed E-state index contributed by atoms with van der Waals surface area (Å²) < 4.78 is 30.5. The van der Waals surface area contributed by atoms with Crippen molar-refractivity contribution in [1.29, 1.82) is 0 Å². The van der Waals surface area contributed by atoms with E-state index in [0.29, 0.717) is 33.9 Å². The van der Waals surface area contributed by atoms with Gasteiger partial charge < -0.3 is 19.2 Å². The minimum absolute atomic E-state index is 0.0451. The Morgan fingerprint density at radius 1 is 0.929 bits per heavy atom. The molecule has 0 aliphatic carbocycles. The fourth-order valence-corrected chi connectivity index (χ4v) is 4.02. The average molecular weight is 381 g/mol. The van der Waals surface area contributed by atoms with Crippen molar-refractivity contribution in [3.05, 3.63) is 70.5 Å². The SMILES string of the molecule is O=C1COCC2=C1C(c1ccc(F)c(-c3ccco3)c1)C1=C(COCC1=O)N2. The van der Waals surface area contributed by atoms with Gasteiger partial charge in [0.2, 0.25) is 0 Å². The molecule has 1 aromatic heterocycles. The van der Waals surface area contributed by atoms with Crippen molar-refractivity contribution in [2.45, 2.75) is 5.92 Å². The lowest BCUT2D eigenvalue weighted by molar-refractivity contribution is -0.122. The van der Waals surface area contributed by atoms with Crippen molar-refractivity contribution < 1.29 is 27.9 Å². The zero-order valence-corrected chi connectivity index (χ0v) is 14.8. The number of furan rings is 1. The Morgan fingerprint density at radius 3 is 2.21 bits per heavy atom. The van der Waals surface area contributed by atoms with E-state index < -0.39 is 11.7 Å². The lowest BCUT2D eigenvalue weighted by Gasteiger charge is -2.36. The van der Waals surface area contributed by atoms with E-state index in [1.54, 1.807) is 24.3 Å². The first-order valence-corrected chi connectivity index (χ1v) is 8.92. The Kier molecular flexibility index (Phi) is 3.99. The molecule has 3 aliphatic rings. The maximum Gasteiger partial charge on any atom is 0.187 e. The number of hydrogen-bond donors (Lipinski definition) is 1. The van der Waals surface area contributed by atoms with Crippen LogP contribution in [0.15, 0.2) is 63.6 Å². The number of hydrogen-bond acceptors (Lipinski definition) is 6. The molecule has 6 nitrogen and oxygen atoms in total. The van der Waals surface area contributed by atoms with Crippen LogP contribution < -0.4 is 5.32 Å². The van der Waals surface area contributed by atoms with Crippen LogP contribution in [0.1, 0.15) is 11.5 Å². The number of dihydropyridines is 1. The third-order valence-electron chi connectivity index (χ3n) is 5.20. The summed E-state index contributed by atoms with van der Waals surface area (Å²) >= 11 is 0. The van der Waals surface area contributed by atoms with Gasteiger partial charge in [0, 0.05) is 28.5 Å². The molecule has 5 rings (SSSR count). The Hall–Kier alpha value is -3.03. The van der Waals surface area contributed by atoms with Crippen molar-refractivity contribution >= 4 is 11.6 Å². The smallest absolute Gasteiger partial charge is 0.187 e. The zero-order valence-electron chi connectivity index (χ0n) is 14.8. The summed E-state index contributed by atoms with van der Waals surface area (Å²) in [5, 5.41) is 3.15. The van der Waals surface area contributed by atoms with E-state index in [9.17, 15) is 14.0 Å². The van der Waals surface area contributed by atoms with E-state index in [4.69, 9.17) is 13.9 Å². The third-order valence-corrected chi connectivity index (χ3v) is 5.20. The lowest BCUT2D eigenvalue weighted by atomic mass is 9.76. The van der Waals surface area contributed by atoms with Crippen LogP contribution in [0.3, 0.4) is 0 Å². The van der Waals surface area contributed by atoms with Crippen LogP contribution in [0.25, 0.3) is 11.3 Å². The predicted octanol–water partition coefficient (Wildman–Crippen LogP) is 2.48. The Morgan fingerprint density at radius 2 is 1.61 bits per heavy atom. The Balaban J connectivity index is 1.71. The third kappa shape index (κ3) is 2.63. The van der Waals surface area contributed by atoms with E-state index in [1.807, 2.05) is 0 Å². The highest BCUT2D eigenvalue weighted by atomic mass is 19.1. The Labute approximate surface area is 159 Å². The minimum Gasteiger partial charge on any atom is -0.464 e. The van der Waals surface area contributed by atoms with Gasteiger partial charge in [0.15, 0.2) is 11.6 Å². The summed E-state index contributed by atoms with van der Waals surface area (Å²) in [4.78, 5) is 25.4. The molecule has 7 heteroatoms. The minimum atomic E-state index is -0.589. The number of ether oxygens (including phenoxy) is 2. The number of ketones is 2. The molecule has 0 saturated carbocycles. The molecule has 1 aromatic carbocycles. The maximum absolute atomic E-state index is 14.4. The summed E-state index contributed by atoms with van der Waals surface area (Å²) in [6.07, 6.45) is 1.47. The van der Waals surface area contributed by atoms with Gasteiger partial charge in [-0.05, 0) is 29.8 Å². The van der Waals surface area contributed by atoms with Crippen LogP contribution in [0.4, 0.5) is 4.39 Å². The van der Waals surface area contributed by atoms with Crippen molar-refractivity contribution in [2.24, 2.45) is 0 Å². The van der Waals surface area contributed by atoms with Crippen molar-refractivity contribution in [2.75, 3.05) is 26.4 Å². The molecule has 4 heterocycles. The van der Waals surface area contributed by atoms with Gasteiger partial charge in [-0.25, -0.2) is 4.39 Å². The summed E-state index contributed by atoms with van der Waals surface area (Å²) in [5.74, 6) is -1.02. The van der Waals surface area contributed by atoms with E-state index >= 15 is 0 Å². The zero-order chi connectivity index (χ0) is 19.3. The molecule has 0 bridgehead atoms. The molecule has 3 aliphatic heterocycles. The van der Waals surface area contributed by atoms with Crippen LogP contribution in [-0.2, 0) is 19.1 Å². The molecule has 142 valence electrons. The number of carbonyl (C=O) groups is 2. The molecule has 1 N–H and O–H groups in total. The first kappa shape index (κ1) is 17.1. The second-order valence-corrected chi connectivity index (χ2v) is 6.89. The summed E-state index contributed by atoms with van der Waals surface area (Å²) in [5.41, 5.74) is 3.18. The molecule has 0 radical (unpaired) electrons. The number of rotatable bonds is 2. The van der Waals surface area contributed by atoms with Crippen LogP contribution in [-0.4, -0.2) is 38.0 Å². The van der Waals surface area contributed by atoms with Gasteiger partial charge in [0.1, 0.15) is 24.8 Å². The first-order chi connectivity index (χ1) is 13.6. The van der Waals surface area contributed by atoms with Gasteiger partial charge in [-0.1, -0.05) is 6.07 Å². The molecule has 0 spiro atoms. The molecule has 0 fully saturated rings. The van der Waals surface area contributed by atoms with E-state index in [0.717, 1.165) is 0 Å². The van der Waals surface area contributed by atoms with Crippen LogP contribution in [0.5, 0.6) is 0 Å². The highest BCUT2D eigenvalue weighted by Gasteiger charge is 2.41. The fourth-order valence-electron chi connectivity index (χ4n) is 4.02. The monoisotopic (exact) mass is 381 g/mol. The largest absolute Gasteiger partial charge is 0.464 e. The standard InChI is InChI=1S/C21H16FNO5/c22-13-4-3-11(6-12(13)18-2-1-5-28-18)19-20-14(7-26-9-16(20)24)23-15-8-27-10-17(25)21(15)19/h1-6,19,23H,7-10H2. The van der Waals surface area contributed by atoms with Crippen LogP contribution >= 0.6 is 0 Å². The molecule has 0 saturated heterocycles. The number of carbonyl (C=O) groups excluding carboxylic acids is 2. The highest BCUT2D eigenvalue weighted by Crippen LogP contribution is 2.42. The Bertz CT molecular complexity index is 1010. The maximum atomic E-state index is 14.4. The number of nitrogens with one attached hydrogen (secondary N) is 1. The lowest BCUT2D eigenvalue weighted by Crippen LogP contribution is -2.42. The number of Topliss-reactive ketones (excluding diaryl/α,β-unsaturated/α-hetero) is 2. The average Bonchev–Trinajstić information content (AvgIpc) is 3.22. The number of benzene rings is 1. The van der Waals surface area contributed by atoms with Gasteiger partial charge in [0.05, 0.1) is 25.0 Å². The van der Waals surface area contributed by atoms with Crippen molar-refractivity contribution in [1.82, 2.24) is 5.32 Å². The van der Waals surface area contributed by atoms with E-state index in [2.05, 4.69) is 5.32 Å². The highest BCUT2D eigenvalue weighted by molar-refractivity contribution is 6.07. The van der Waals surface area contributed by atoms with Crippen LogP contribution in [0.2, 0.25) is 0 Å². The molecular weight excluding hydrogens is 365 g/mol. The van der Waals surface area contributed by atoms with Crippen molar-refractivity contribution in [3.63, 3.8) is 0 Å². The van der Waals surface area contributed by atoms with Gasteiger partial charge in [-0.15, -0.1) is 0 Å². The fraction of sp³-hybridized carbons (Fsp3) is 0.238. The summed E-state index contributed by atoms with van der Waals surface area (Å²) in [6, 6.07) is 7.93. The van der Waals surface area contributed by atoms with Gasteiger partial charge in [0.25, 0.3) is 0 Å². The quantitative estimate of drug-likeness (QED) is 0.861. The summed E-state index contributed by atoms with van der Waals surface area (Å²) in [7, 11) is 0. The van der Waals surface area contributed by atoms with E-state index in [-0.39, 0.29) is 43.6 Å². The predicted molar refractivity (Wildman–Crippen MR) is 95.7 cm³/mol. The van der Waals surface area contributed by atoms with E-state index in [1.165, 1.54) is 12.3 Å². The number of halogens is 1. The molecule has 0 amide bonds. The molecule has 0 atom stereocenters. The second-order valence-electron chi connectivity index (χ2n) is 6.89. The molecule has 28 heavy (non-hydrogen) atoms. The molecular formula is C21H16FNO5. The molecule has 2 aromatic rings. The van der Waals surface area contributed by atoms with Crippen LogP contribution in [0, 0.1) is 5.82 Å². The van der Waals surface area contributed by atoms with Crippen molar-refractivity contribution in [3.8, 4) is 11.3 Å². The topological polar surface area (TPSA) is 77.8 Å². The second kappa shape index (κ2) is 6.54. The first-order valence-electron chi connectivity index (χ1n) is 8.92. The summed E-state index contributed by atoms with van der Waals surface area (Å²) in [6.45, 7) is 0.399. The molecule has 0 unspecified atom stereocenters. The van der Waals surface area contributed by atoms with Gasteiger partial charge in [-0.2, -0.15) is 0 Å².